The number of aliphatic hydroxyl groups is 1. The predicted octanol–water partition coefficient (Wildman–Crippen LogP) is 3.26. The molecule has 1 atom stereocenters. The zero-order valence-corrected chi connectivity index (χ0v) is 19.4. The van der Waals surface area contributed by atoms with E-state index >= 15 is 0 Å². The second-order valence-corrected chi connectivity index (χ2v) is 14.4. The predicted molar refractivity (Wildman–Crippen MR) is 113 cm³/mol. The van der Waals surface area contributed by atoms with Crippen molar-refractivity contribution in [3.8, 4) is 0 Å². The smallest absolute Gasteiger partial charge is 0.256 e. The summed E-state index contributed by atoms with van der Waals surface area (Å²) in [6.07, 6.45) is 2.27. The van der Waals surface area contributed by atoms with E-state index in [2.05, 4.69) is 52.7 Å². The maximum atomic E-state index is 13.2. The lowest BCUT2D eigenvalue weighted by Gasteiger charge is -2.43. The van der Waals surface area contributed by atoms with Gasteiger partial charge in [-0.1, -0.05) is 20.8 Å². The maximum Gasteiger partial charge on any atom is 0.256 e. The molecule has 1 aromatic heterocycles. The zero-order valence-electron chi connectivity index (χ0n) is 18.4. The summed E-state index contributed by atoms with van der Waals surface area (Å²) >= 11 is 0. The molecule has 1 saturated heterocycles. The van der Waals surface area contributed by atoms with Crippen molar-refractivity contribution < 1.29 is 19.1 Å². The maximum absolute atomic E-state index is 13.2. The fourth-order valence-electron chi connectivity index (χ4n) is 3.28. The third-order valence-electron chi connectivity index (χ3n) is 5.75. The molecule has 0 radical (unpaired) electrons. The van der Waals surface area contributed by atoms with Crippen molar-refractivity contribution in [2.45, 2.75) is 70.8 Å². The minimum absolute atomic E-state index is 0.103. The first-order chi connectivity index (χ1) is 12.9. The Morgan fingerprint density at radius 3 is 2.64 bits per heavy atom. The highest BCUT2D eigenvalue weighted by Gasteiger charge is 2.42. The van der Waals surface area contributed by atoms with Crippen LogP contribution in [-0.2, 0) is 15.6 Å². The molecule has 1 N–H and O–H groups in total. The van der Waals surface area contributed by atoms with Gasteiger partial charge in [0.1, 0.15) is 0 Å². The van der Waals surface area contributed by atoms with Crippen LogP contribution in [0.15, 0.2) is 18.3 Å². The van der Waals surface area contributed by atoms with Crippen LogP contribution in [-0.4, -0.2) is 67.2 Å². The number of hydrogen-bond acceptors (Lipinski definition) is 5. The Labute approximate surface area is 170 Å². The molecule has 1 amide bonds. The first-order valence-electron chi connectivity index (χ1n) is 10.0. The van der Waals surface area contributed by atoms with E-state index in [0.717, 1.165) is 5.69 Å². The summed E-state index contributed by atoms with van der Waals surface area (Å²) in [5.74, 6) is -0.103. The van der Waals surface area contributed by atoms with E-state index in [9.17, 15) is 9.90 Å². The Morgan fingerprint density at radius 2 is 2.04 bits per heavy atom. The lowest BCUT2D eigenvalue weighted by molar-refractivity contribution is -0.0185. The molecular formula is C21H36N2O4Si. The monoisotopic (exact) mass is 408 g/mol. The fraction of sp³-hybridized carbons (Fsp3) is 0.714. The molecule has 2 rings (SSSR count). The number of hydrogen-bond donors (Lipinski definition) is 1. The van der Waals surface area contributed by atoms with Gasteiger partial charge in [0.05, 0.1) is 42.7 Å². The minimum Gasteiger partial charge on any atom is -0.412 e. The molecule has 0 saturated carbocycles. The van der Waals surface area contributed by atoms with Gasteiger partial charge < -0.3 is 19.2 Å². The van der Waals surface area contributed by atoms with E-state index in [4.69, 9.17) is 9.16 Å². The van der Waals surface area contributed by atoms with Crippen molar-refractivity contribution >= 4 is 14.2 Å². The number of aliphatic hydroxyl groups excluding tert-OH is 1. The highest BCUT2D eigenvalue weighted by molar-refractivity contribution is 6.74. The minimum atomic E-state index is -1.96. The third kappa shape index (κ3) is 5.41. The van der Waals surface area contributed by atoms with E-state index in [1.54, 1.807) is 17.2 Å². The fourth-order valence-corrected chi connectivity index (χ4v) is 5.04. The highest BCUT2D eigenvalue weighted by atomic mass is 28.4. The second-order valence-electron chi connectivity index (χ2n) is 9.71. The van der Waals surface area contributed by atoms with Gasteiger partial charge >= 0.3 is 0 Å². The Hall–Kier alpha value is -1.28. The summed E-state index contributed by atoms with van der Waals surface area (Å²) < 4.78 is 12.0. The largest absolute Gasteiger partial charge is 0.412 e. The third-order valence-corrected chi connectivity index (χ3v) is 10.4. The Kier molecular flexibility index (Phi) is 7.07. The van der Waals surface area contributed by atoms with Crippen LogP contribution in [0.25, 0.3) is 0 Å². The van der Waals surface area contributed by atoms with Crippen LogP contribution in [0.4, 0.5) is 0 Å². The second kappa shape index (κ2) is 8.61. The molecule has 1 unspecified atom stereocenters. The Balaban J connectivity index is 2.25. The van der Waals surface area contributed by atoms with E-state index in [1.807, 2.05) is 6.07 Å². The van der Waals surface area contributed by atoms with Crippen molar-refractivity contribution in [2.24, 2.45) is 0 Å². The highest BCUT2D eigenvalue weighted by Crippen LogP contribution is 2.39. The van der Waals surface area contributed by atoms with Gasteiger partial charge in [-0.2, -0.15) is 0 Å². The van der Waals surface area contributed by atoms with E-state index < -0.39 is 13.9 Å². The molecule has 0 aromatic carbocycles. The first kappa shape index (κ1) is 23.0. The molecule has 1 fully saturated rings. The standard InChI is InChI=1S/C21H36N2O4Si/c1-20(2,3)28(6,7)27-21(4,5)13-18-17(9-8-10-22-18)19(25)23-11-12-26-15-16(23)14-24/h8-10,16,24H,11-15H2,1-7H3. The van der Waals surface area contributed by atoms with Gasteiger partial charge in [-0.05, 0) is 44.1 Å². The molecule has 28 heavy (non-hydrogen) atoms. The van der Waals surface area contributed by atoms with E-state index in [1.165, 1.54) is 0 Å². The number of amides is 1. The van der Waals surface area contributed by atoms with Crippen molar-refractivity contribution in [3.63, 3.8) is 0 Å². The van der Waals surface area contributed by atoms with Crippen molar-refractivity contribution in [1.82, 2.24) is 9.88 Å². The van der Waals surface area contributed by atoms with Crippen LogP contribution in [0.2, 0.25) is 18.1 Å². The topological polar surface area (TPSA) is 71.9 Å². The molecule has 0 aliphatic carbocycles. The number of carbonyl (C=O) groups excluding carboxylic acids is 1. The van der Waals surface area contributed by atoms with Gasteiger partial charge in [0.2, 0.25) is 0 Å². The summed E-state index contributed by atoms with van der Waals surface area (Å²) in [4.78, 5) is 19.4. The van der Waals surface area contributed by atoms with Gasteiger partial charge in [-0.15, -0.1) is 0 Å². The summed E-state index contributed by atoms with van der Waals surface area (Å²) in [6.45, 7) is 16.5. The molecule has 0 spiro atoms. The number of morpholine rings is 1. The van der Waals surface area contributed by atoms with Crippen LogP contribution in [0.5, 0.6) is 0 Å². The first-order valence-corrected chi connectivity index (χ1v) is 12.9. The van der Waals surface area contributed by atoms with Crippen molar-refractivity contribution in [2.75, 3.05) is 26.4 Å². The average Bonchev–Trinajstić information content (AvgIpc) is 2.59. The van der Waals surface area contributed by atoms with E-state index in [0.29, 0.717) is 31.7 Å². The lowest BCUT2D eigenvalue weighted by Crippen LogP contribution is -2.51. The van der Waals surface area contributed by atoms with Crippen molar-refractivity contribution in [3.05, 3.63) is 29.6 Å². The summed E-state index contributed by atoms with van der Waals surface area (Å²) in [5, 5.41) is 9.72. The van der Waals surface area contributed by atoms with Crippen LogP contribution in [0.1, 0.15) is 50.7 Å². The van der Waals surface area contributed by atoms with Crippen LogP contribution in [0.3, 0.4) is 0 Å². The Morgan fingerprint density at radius 1 is 1.36 bits per heavy atom. The Bertz CT molecular complexity index is 685. The SMILES string of the molecule is CC(C)(Cc1ncccc1C(=O)N1CCOCC1CO)O[Si](C)(C)C(C)(C)C. The molecule has 7 heteroatoms. The quantitative estimate of drug-likeness (QED) is 0.732. The van der Waals surface area contributed by atoms with E-state index in [-0.39, 0.29) is 23.6 Å². The zero-order chi connectivity index (χ0) is 21.2. The molecule has 1 aliphatic heterocycles. The molecular weight excluding hydrogens is 372 g/mol. The normalized spacial score (nSPS) is 19.0. The van der Waals surface area contributed by atoms with Gasteiger partial charge in [0.25, 0.3) is 5.91 Å². The average molecular weight is 409 g/mol. The molecule has 2 heterocycles. The summed E-state index contributed by atoms with van der Waals surface area (Å²) in [5.41, 5.74) is 0.877. The number of nitrogens with zero attached hydrogens (tertiary/aromatic N) is 2. The molecule has 1 aromatic rings. The number of aromatic nitrogens is 1. The molecule has 158 valence electrons. The molecule has 6 nitrogen and oxygen atoms in total. The van der Waals surface area contributed by atoms with Gasteiger partial charge in [0, 0.05) is 19.2 Å². The number of carbonyl (C=O) groups is 1. The number of ether oxygens (including phenoxy) is 1. The molecule has 0 bridgehead atoms. The van der Waals surface area contributed by atoms with Gasteiger partial charge in [-0.25, -0.2) is 0 Å². The van der Waals surface area contributed by atoms with Gasteiger partial charge in [-0.3, -0.25) is 9.78 Å². The summed E-state index contributed by atoms with van der Waals surface area (Å²) in [7, 11) is -1.96. The van der Waals surface area contributed by atoms with Crippen molar-refractivity contribution in [1.29, 1.82) is 0 Å². The van der Waals surface area contributed by atoms with Crippen LogP contribution < -0.4 is 0 Å². The number of rotatable bonds is 6. The molecule has 1 aliphatic rings. The van der Waals surface area contributed by atoms with Crippen LogP contribution in [0, 0.1) is 0 Å². The summed E-state index contributed by atoms with van der Waals surface area (Å²) in [6, 6.07) is 3.29. The van der Waals surface area contributed by atoms with Crippen LogP contribution >= 0.6 is 0 Å². The number of pyridine rings is 1. The van der Waals surface area contributed by atoms with Gasteiger partial charge in [0.15, 0.2) is 8.32 Å². The lowest BCUT2D eigenvalue weighted by atomic mass is 9.98.